The van der Waals surface area contributed by atoms with Gasteiger partial charge in [-0.1, -0.05) is 0 Å². The first kappa shape index (κ1) is 17.9. The number of nitrogens with one attached hydrogen (secondary N) is 1. The fraction of sp³-hybridized carbons (Fsp3) is 0.316. The molecule has 1 saturated heterocycles. The number of rotatable bonds is 4. The highest BCUT2D eigenvalue weighted by Crippen LogP contribution is 2.23. The van der Waals surface area contributed by atoms with E-state index in [0.717, 1.165) is 24.3 Å². The summed E-state index contributed by atoms with van der Waals surface area (Å²) in [6, 6.07) is 7.15. The number of morpholine rings is 1. The van der Waals surface area contributed by atoms with Gasteiger partial charge in [0.15, 0.2) is 0 Å². The number of hydrogen-bond acceptors (Lipinski definition) is 5. The van der Waals surface area contributed by atoms with Crippen LogP contribution in [0.2, 0.25) is 0 Å². The van der Waals surface area contributed by atoms with Gasteiger partial charge in [0, 0.05) is 24.3 Å². The van der Waals surface area contributed by atoms with Gasteiger partial charge in [-0.05, 0) is 43.7 Å². The second kappa shape index (κ2) is 7.53. The van der Waals surface area contributed by atoms with E-state index in [9.17, 15) is 9.59 Å². The average molecular weight is 354 g/mol. The van der Waals surface area contributed by atoms with Crippen LogP contribution in [0.3, 0.4) is 0 Å². The van der Waals surface area contributed by atoms with E-state index in [0.29, 0.717) is 35.7 Å². The molecule has 7 nitrogen and oxygen atoms in total. The Kier molecular flexibility index (Phi) is 5.18. The summed E-state index contributed by atoms with van der Waals surface area (Å²) in [5.41, 5.74) is 9.26. The maximum atomic E-state index is 12.5. The molecule has 136 valence electrons. The number of anilines is 2. The van der Waals surface area contributed by atoms with Crippen molar-refractivity contribution in [2.45, 2.75) is 13.8 Å². The van der Waals surface area contributed by atoms with Crippen molar-refractivity contribution >= 4 is 23.2 Å². The maximum Gasteiger partial charge on any atom is 0.255 e. The third-order valence-corrected chi connectivity index (χ3v) is 4.42. The van der Waals surface area contributed by atoms with Crippen molar-refractivity contribution in [2.75, 3.05) is 36.5 Å². The van der Waals surface area contributed by atoms with E-state index in [1.54, 1.807) is 13.0 Å². The van der Waals surface area contributed by atoms with Crippen molar-refractivity contribution < 1.29 is 14.3 Å². The minimum atomic E-state index is -0.572. The van der Waals surface area contributed by atoms with E-state index in [1.165, 1.54) is 12.3 Å². The molecule has 1 aliphatic rings. The lowest BCUT2D eigenvalue weighted by atomic mass is 10.1. The topological polar surface area (TPSA) is 97.6 Å². The zero-order valence-corrected chi connectivity index (χ0v) is 14.9. The number of ether oxygens (including phenoxy) is 1. The molecular formula is C19H22N4O3. The quantitative estimate of drug-likeness (QED) is 0.874. The lowest BCUT2D eigenvalue weighted by Gasteiger charge is -2.30. The number of hydrogen-bond donors (Lipinski definition) is 2. The Balaban J connectivity index is 1.77. The van der Waals surface area contributed by atoms with E-state index in [1.807, 2.05) is 19.1 Å². The summed E-state index contributed by atoms with van der Waals surface area (Å²) < 4.78 is 5.38. The smallest absolute Gasteiger partial charge is 0.255 e. The molecule has 0 spiro atoms. The van der Waals surface area contributed by atoms with Crippen LogP contribution in [0.15, 0.2) is 30.5 Å². The molecule has 1 aromatic heterocycles. The van der Waals surface area contributed by atoms with Gasteiger partial charge < -0.3 is 20.7 Å². The van der Waals surface area contributed by atoms with Gasteiger partial charge in [0.25, 0.3) is 11.8 Å². The largest absolute Gasteiger partial charge is 0.378 e. The first-order valence-corrected chi connectivity index (χ1v) is 8.47. The third kappa shape index (κ3) is 3.83. The summed E-state index contributed by atoms with van der Waals surface area (Å²) in [7, 11) is 0. The SMILES string of the molecule is Cc1cc(C(=O)Nc2cnc(C)c(C(N)=O)c2)ccc1N1CCOCC1. The fourth-order valence-electron chi connectivity index (χ4n) is 3.01. The van der Waals surface area contributed by atoms with Crippen LogP contribution in [0.4, 0.5) is 11.4 Å². The molecule has 26 heavy (non-hydrogen) atoms. The normalized spacial score (nSPS) is 14.2. The van der Waals surface area contributed by atoms with E-state index in [4.69, 9.17) is 10.5 Å². The first-order valence-electron chi connectivity index (χ1n) is 8.47. The van der Waals surface area contributed by atoms with Gasteiger partial charge in [0.2, 0.25) is 0 Å². The van der Waals surface area contributed by atoms with Crippen molar-refractivity contribution in [3.05, 3.63) is 52.8 Å². The molecule has 0 aliphatic carbocycles. The number of carbonyl (C=O) groups is 2. The van der Waals surface area contributed by atoms with Crippen molar-refractivity contribution in [1.29, 1.82) is 0 Å². The van der Waals surface area contributed by atoms with Crippen molar-refractivity contribution in [2.24, 2.45) is 5.73 Å². The van der Waals surface area contributed by atoms with Crippen molar-refractivity contribution in [3.8, 4) is 0 Å². The molecule has 2 aromatic rings. The van der Waals surface area contributed by atoms with Crippen LogP contribution in [0.25, 0.3) is 0 Å². The van der Waals surface area contributed by atoms with Crippen molar-refractivity contribution in [3.63, 3.8) is 0 Å². The van der Waals surface area contributed by atoms with Crippen LogP contribution < -0.4 is 16.0 Å². The summed E-state index contributed by atoms with van der Waals surface area (Å²) in [4.78, 5) is 30.3. The van der Waals surface area contributed by atoms with Crippen LogP contribution in [-0.2, 0) is 4.74 Å². The van der Waals surface area contributed by atoms with E-state index in [2.05, 4.69) is 15.2 Å². The molecule has 0 saturated carbocycles. The standard InChI is InChI=1S/C19H22N4O3/c1-12-9-14(3-4-17(12)23-5-7-26-8-6-23)19(25)22-15-10-16(18(20)24)13(2)21-11-15/h3-4,9-11H,5-8H2,1-2H3,(H2,20,24)(H,22,25). The highest BCUT2D eigenvalue weighted by atomic mass is 16.5. The summed E-state index contributed by atoms with van der Waals surface area (Å²) in [6.07, 6.45) is 1.51. The zero-order chi connectivity index (χ0) is 18.7. The number of benzene rings is 1. The lowest BCUT2D eigenvalue weighted by Crippen LogP contribution is -2.36. The van der Waals surface area contributed by atoms with Gasteiger partial charge in [-0.3, -0.25) is 14.6 Å². The Morgan fingerprint density at radius 1 is 1.19 bits per heavy atom. The molecule has 7 heteroatoms. The van der Waals surface area contributed by atoms with Crippen LogP contribution >= 0.6 is 0 Å². The van der Waals surface area contributed by atoms with Crippen LogP contribution in [-0.4, -0.2) is 43.1 Å². The molecule has 2 amide bonds. The molecule has 2 heterocycles. The van der Waals surface area contributed by atoms with Gasteiger partial charge in [0.1, 0.15) is 0 Å². The molecule has 0 radical (unpaired) electrons. The number of aryl methyl sites for hydroxylation is 2. The lowest BCUT2D eigenvalue weighted by molar-refractivity contribution is 0.0995. The van der Waals surface area contributed by atoms with Crippen LogP contribution in [0.1, 0.15) is 32.0 Å². The number of nitrogens with two attached hydrogens (primary N) is 1. The first-order chi connectivity index (χ1) is 12.5. The number of primary amides is 1. The Morgan fingerprint density at radius 2 is 1.92 bits per heavy atom. The Morgan fingerprint density at radius 3 is 2.58 bits per heavy atom. The molecular weight excluding hydrogens is 332 g/mol. The highest BCUT2D eigenvalue weighted by Gasteiger charge is 2.16. The van der Waals surface area contributed by atoms with E-state index in [-0.39, 0.29) is 5.91 Å². The van der Waals surface area contributed by atoms with Crippen molar-refractivity contribution in [1.82, 2.24) is 4.98 Å². The average Bonchev–Trinajstić information content (AvgIpc) is 2.63. The van der Waals surface area contributed by atoms with E-state index >= 15 is 0 Å². The maximum absolute atomic E-state index is 12.5. The number of carbonyl (C=O) groups excluding carboxylic acids is 2. The number of pyridine rings is 1. The summed E-state index contributed by atoms with van der Waals surface area (Å²) in [5.74, 6) is -0.834. The summed E-state index contributed by atoms with van der Waals surface area (Å²) in [5, 5.41) is 2.76. The highest BCUT2D eigenvalue weighted by molar-refractivity contribution is 6.05. The second-order valence-electron chi connectivity index (χ2n) is 6.28. The predicted octanol–water partition coefficient (Wildman–Crippen LogP) is 1.89. The molecule has 1 aliphatic heterocycles. The predicted molar refractivity (Wildman–Crippen MR) is 99.7 cm³/mol. The summed E-state index contributed by atoms with van der Waals surface area (Å²) >= 11 is 0. The Bertz CT molecular complexity index is 845. The fourth-order valence-corrected chi connectivity index (χ4v) is 3.01. The van der Waals surface area contributed by atoms with Gasteiger partial charge in [-0.15, -0.1) is 0 Å². The zero-order valence-electron chi connectivity index (χ0n) is 14.9. The number of nitrogens with zero attached hydrogens (tertiary/aromatic N) is 2. The monoisotopic (exact) mass is 354 g/mol. The van der Waals surface area contributed by atoms with Crippen LogP contribution in [0, 0.1) is 13.8 Å². The molecule has 1 aromatic carbocycles. The summed E-state index contributed by atoms with van der Waals surface area (Å²) in [6.45, 7) is 6.79. The number of aromatic nitrogens is 1. The van der Waals surface area contributed by atoms with Crippen LogP contribution in [0.5, 0.6) is 0 Å². The third-order valence-electron chi connectivity index (χ3n) is 4.42. The molecule has 3 rings (SSSR count). The second-order valence-corrected chi connectivity index (χ2v) is 6.28. The van der Waals surface area contributed by atoms with E-state index < -0.39 is 5.91 Å². The van der Waals surface area contributed by atoms with Gasteiger partial charge in [-0.2, -0.15) is 0 Å². The minimum absolute atomic E-state index is 0.261. The van der Waals surface area contributed by atoms with Gasteiger partial charge >= 0.3 is 0 Å². The number of amides is 2. The Labute approximate surface area is 152 Å². The molecule has 0 unspecified atom stereocenters. The molecule has 3 N–H and O–H groups in total. The minimum Gasteiger partial charge on any atom is -0.378 e. The molecule has 1 fully saturated rings. The van der Waals surface area contributed by atoms with Gasteiger partial charge in [-0.25, -0.2) is 0 Å². The Hall–Kier alpha value is -2.93. The van der Waals surface area contributed by atoms with Gasteiger partial charge in [0.05, 0.1) is 36.4 Å². The molecule has 0 bridgehead atoms. The molecule has 0 atom stereocenters.